The Kier molecular flexibility index (Phi) is 4.27. The van der Waals surface area contributed by atoms with Crippen molar-refractivity contribution in [3.63, 3.8) is 0 Å². The Labute approximate surface area is 140 Å². The first-order valence-electron chi connectivity index (χ1n) is 7.63. The maximum absolute atomic E-state index is 12.4. The van der Waals surface area contributed by atoms with E-state index in [1.54, 1.807) is 11.2 Å². The largest absolute Gasteiger partial charge is 0.334 e. The van der Waals surface area contributed by atoms with E-state index in [1.807, 2.05) is 0 Å². The smallest absolute Gasteiger partial charge is 0.323 e. The SMILES string of the molecule is CCn1cnc2c1CCN(C(=O)Nc1cc(S(C)(=O)=O)ccn1)C2. The highest BCUT2D eigenvalue weighted by atomic mass is 32.2. The van der Waals surface area contributed by atoms with Crippen molar-refractivity contribution in [2.24, 2.45) is 0 Å². The minimum absolute atomic E-state index is 0.121. The highest BCUT2D eigenvalue weighted by molar-refractivity contribution is 7.90. The molecule has 8 nitrogen and oxygen atoms in total. The van der Waals surface area contributed by atoms with E-state index in [4.69, 9.17) is 0 Å². The number of aryl methyl sites for hydroxylation is 1. The number of aromatic nitrogens is 3. The Morgan fingerprint density at radius 2 is 2.17 bits per heavy atom. The van der Waals surface area contributed by atoms with Gasteiger partial charge in [0.2, 0.25) is 0 Å². The van der Waals surface area contributed by atoms with Crippen molar-refractivity contribution in [1.29, 1.82) is 0 Å². The lowest BCUT2D eigenvalue weighted by molar-refractivity contribution is 0.205. The van der Waals surface area contributed by atoms with Crippen molar-refractivity contribution >= 4 is 21.7 Å². The molecular formula is C15H19N5O3S. The molecule has 0 atom stereocenters. The average Bonchev–Trinajstić information content (AvgIpc) is 2.96. The van der Waals surface area contributed by atoms with Gasteiger partial charge in [-0.3, -0.25) is 5.32 Å². The first-order valence-corrected chi connectivity index (χ1v) is 9.52. The number of nitrogens with one attached hydrogen (secondary N) is 1. The maximum atomic E-state index is 12.4. The van der Waals surface area contributed by atoms with Crippen LogP contribution in [0, 0.1) is 0 Å². The van der Waals surface area contributed by atoms with Gasteiger partial charge in [-0.1, -0.05) is 0 Å². The molecule has 0 saturated heterocycles. The van der Waals surface area contributed by atoms with E-state index < -0.39 is 9.84 Å². The third-order valence-electron chi connectivity index (χ3n) is 4.01. The number of pyridine rings is 1. The molecule has 2 aromatic rings. The summed E-state index contributed by atoms with van der Waals surface area (Å²) in [6.45, 7) is 3.93. The van der Waals surface area contributed by atoms with E-state index in [9.17, 15) is 13.2 Å². The van der Waals surface area contributed by atoms with Gasteiger partial charge in [-0.05, 0) is 19.1 Å². The van der Waals surface area contributed by atoms with Gasteiger partial charge in [0.05, 0.1) is 23.5 Å². The van der Waals surface area contributed by atoms with Crippen LogP contribution in [0.25, 0.3) is 0 Å². The summed E-state index contributed by atoms with van der Waals surface area (Å²) in [5.41, 5.74) is 2.06. The quantitative estimate of drug-likeness (QED) is 0.900. The first-order chi connectivity index (χ1) is 11.4. The molecule has 24 heavy (non-hydrogen) atoms. The van der Waals surface area contributed by atoms with E-state index in [1.165, 1.54) is 24.0 Å². The molecule has 0 spiro atoms. The normalized spacial score (nSPS) is 14.3. The number of anilines is 1. The lowest BCUT2D eigenvalue weighted by Gasteiger charge is -2.27. The van der Waals surface area contributed by atoms with Crippen molar-refractivity contribution in [1.82, 2.24) is 19.4 Å². The number of carbonyl (C=O) groups excluding carboxylic acids is 1. The Morgan fingerprint density at radius 1 is 1.38 bits per heavy atom. The van der Waals surface area contributed by atoms with E-state index in [0.717, 1.165) is 24.9 Å². The molecule has 1 N–H and O–H groups in total. The topological polar surface area (TPSA) is 97.2 Å². The van der Waals surface area contributed by atoms with Crippen molar-refractivity contribution in [3.8, 4) is 0 Å². The Bertz CT molecular complexity index is 875. The average molecular weight is 349 g/mol. The number of sulfone groups is 1. The molecule has 0 aliphatic carbocycles. The van der Waals surface area contributed by atoms with Gasteiger partial charge < -0.3 is 9.47 Å². The number of imidazole rings is 1. The summed E-state index contributed by atoms with van der Waals surface area (Å²) < 4.78 is 25.2. The van der Waals surface area contributed by atoms with Crippen LogP contribution in [0.3, 0.4) is 0 Å². The van der Waals surface area contributed by atoms with Crippen LogP contribution >= 0.6 is 0 Å². The summed E-state index contributed by atoms with van der Waals surface area (Å²) in [4.78, 5) is 22.5. The number of carbonyl (C=O) groups is 1. The number of nitrogens with zero attached hydrogens (tertiary/aromatic N) is 4. The van der Waals surface area contributed by atoms with E-state index >= 15 is 0 Å². The molecule has 0 unspecified atom stereocenters. The number of hydrogen-bond acceptors (Lipinski definition) is 5. The van der Waals surface area contributed by atoms with Gasteiger partial charge in [0, 0.05) is 37.7 Å². The summed E-state index contributed by atoms with van der Waals surface area (Å²) in [6.07, 6.45) is 5.02. The fourth-order valence-electron chi connectivity index (χ4n) is 2.71. The summed E-state index contributed by atoms with van der Waals surface area (Å²) in [7, 11) is -3.34. The first kappa shape index (κ1) is 16.4. The number of rotatable bonds is 3. The van der Waals surface area contributed by atoms with Gasteiger partial charge in [0.15, 0.2) is 9.84 Å². The molecule has 3 heterocycles. The summed E-state index contributed by atoms with van der Waals surface area (Å²) in [6, 6.07) is 2.44. The summed E-state index contributed by atoms with van der Waals surface area (Å²) >= 11 is 0. The van der Waals surface area contributed by atoms with Gasteiger partial charge in [-0.2, -0.15) is 0 Å². The molecule has 3 rings (SSSR count). The van der Waals surface area contributed by atoms with Crippen LogP contribution in [0.5, 0.6) is 0 Å². The second-order valence-corrected chi connectivity index (χ2v) is 7.69. The lowest BCUT2D eigenvalue weighted by Crippen LogP contribution is -2.39. The number of hydrogen-bond donors (Lipinski definition) is 1. The monoisotopic (exact) mass is 349 g/mol. The minimum Gasteiger partial charge on any atom is -0.334 e. The molecule has 0 aromatic carbocycles. The molecule has 0 bridgehead atoms. The molecule has 0 fully saturated rings. The number of urea groups is 1. The number of fused-ring (bicyclic) bond motifs is 1. The van der Waals surface area contributed by atoms with Crippen LogP contribution in [0.2, 0.25) is 0 Å². The highest BCUT2D eigenvalue weighted by Crippen LogP contribution is 2.19. The van der Waals surface area contributed by atoms with Crippen molar-refractivity contribution in [2.45, 2.75) is 31.3 Å². The van der Waals surface area contributed by atoms with E-state index in [-0.39, 0.29) is 16.7 Å². The molecule has 128 valence electrons. The molecule has 2 aromatic heterocycles. The zero-order valence-corrected chi connectivity index (χ0v) is 14.4. The van der Waals surface area contributed by atoms with Crippen LogP contribution in [-0.4, -0.2) is 46.7 Å². The molecular weight excluding hydrogens is 330 g/mol. The van der Waals surface area contributed by atoms with Gasteiger partial charge >= 0.3 is 6.03 Å². The third kappa shape index (κ3) is 3.25. The zero-order valence-electron chi connectivity index (χ0n) is 13.6. The lowest BCUT2D eigenvalue weighted by atomic mass is 10.1. The summed E-state index contributed by atoms with van der Waals surface area (Å²) in [5, 5.41) is 2.65. The fraction of sp³-hybridized carbons (Fsp3) is 0.400. The molecule has 9 heteroatoms. The van der Waals surface area contributed by atoms with Crippen molar-refractivity contribution < 1.29 is 13.2 Å². The second-order valence-electron chi connectivity index (χ2n) is 5.67. The molecule has 1 aliphatic heterocycles. The minimum atomic E-state index is -3.34. The van der Waals surface area contributed by atoms with Crippen LogP contribution in [-0.2, 0) is 29.3 Å². The van der Waals surface area contributed by atoms with Crippen LogP contribution in [0.4, 0.5) is 10.6 Å². The third-order valence-corrected chi connectivity index (χ3v) is 5.12. The zero-order chi connectivity index (χ0) is 17.3. The van der Waals surface area contributed by atoms with Crippen molar-refractivity contribution in [2.75, 3.05) is 18.1 Å². The van der Waals surface area contributed by atoms with E-state index in [2.05, 4.69) is 26.8 Å². The van der Waals surface area contributed by atoms with Crippen LogP contribution in [0.15, 0.2) is 29.6 Å². The standard InChI is InChI=1S/C15H19N5O3S/c1-3-19-10-17-12-9-20(7-5-13(12)19)15(21)18-14-8-11(4-6-16-14)24(2,22)23/h4,6,8,10H,3,5,7,9H2,1-2H3,(H,16,18,21). The molecule has 2 amide bonds. The Morgan fingerprint density at radius 3 is 2.88 bits per heavy atom. The predicted octanol–water partition coefficient (Wildman–Crippen LogP) is 1.29. The van der Waals surface area contributed by atoms with Crippen molar-refractivity contribution in [3.05, 3.63) is 36.0 Å². The van der Waals surface area contributed by atoms with Gasteiger partial charge in [-0.15, -0.1) is 0 Å². The van der Waals surface area contributed by atoms with E-state index in [0.29, 0.717) is 13.1 Å². The molecule has 0 radical (unpaired) electrons. The van der Waals surface area contributed by atoms with Gasteiger partial charge in [0.1, 0.15) is 5.82 Å². The molecule has 1 aliphatic rings. The Balaban J connectivity index is 1.72. The maximum Gasteiger partial charge on any atom is 0.323 e. The number of amides is 2. The fourth-order valence-corrected chi connectivity index (χ4v) is 3.35. The Hall–Kier alpha value is -2.42. The van der Waals surface area contributed by atoms with Crippen LogP contribution in [0.1, 0.15) is 18.3 Å². The van der Waals surface area contributed by atoms with Gasteiger partial charge in [-0.25, -0.2) is 23.2 Å². The summed E-state index contributed by atoms with van der Waals surface area (Å²) in [5.74, 6) is 0.216. The van der Waals surface area contributed by atoms with Crippen LogP contribution < -0.4 is 5.32 Å². The second kappa shape index (κ2) is 6.23. The highest BCUT2D eigenvalue weighted by Gasteiger charge is 2.24. The van der Waals surface area contributed by atoms with Gasteiger partial charge in [0.25, 0.3) is 0 Å². The predicted molar refractivity (Wildman–Crippen MR) is 88.4 cm³/mol. The molecule has 0 saturated carbocycles.